The molecule has 0 unspecified atom stereocenters. The second kappa shape index (κ2) is 4.18. The fourth-order valence-electron chi connectivity index (χ4n) is 1.01. The summed E-state index contributed by atoms with van der Waals surface area (Å²) in [7, 11) is 0. The summed E-state index contributed by atoms with van der Waals surface area (Å²) in [5.74, 6) is -2.56. The minimum atomic E-state index is -2.56. The molecule has 72 valence electrons. The highest BCUT2D eigenvalue weighted by atomic mass is 79.9. The van der Waals surface area contributed by atoms with Crippen LogP contribution in [0.1, 0.15) is 18.9 Å². The molecule has 0 radical (unpaired) electrons. The van der Waals surface area contributed by atoms with Crippen molar-refractivity contribution in [2.24, 2.45) is 0 Å². The Hall–Kier alpha value is -0.440. The fourth-order valence-corrected chi connectivity index (χ4v) is 1.28. The van der Waals surface area contributed by atoms with Gasteiger partial charge < -0.3 is 0 Å². The zero-order valence-electron chi connectivity index (χ0n) is 7.36. The first-order chi connectivity index (χ1) is 5.97. The van der Waals surface area contributed by atoms with Gasteiger partial charge in [0.05, 0.1) is 0 Å². The normalized spacial score (nSPS) is 11.7. The maximum atomic E-state index is 12.5. The number of hydrogen-bond acceptors (Lipinski definition) is 0. The van der Waals surface area contributed by atoms with Crippen molar-refractivity contribution in [3.63, 3.8) is 0 Å². The summed E-state index contributed by atoms with van der Waals surface area (Å²) >= 11 is 3.29. The number of hydrogen-bond donors (Lipinski definition) is 0. The van der Waals surface area contributed by atoms with E-state index in [9.17, 15) is 8.78 Å². The molecular formula is C10H11BrF2. The van der Waals surface area contributed by atoms with E-state index >= 15 is 0 Å². The Bertz CT molecular complexity index is 261. The third kappa shape index (κ3) is 4.36. The van der Waals surface area contributed by atoms with Crippen LogP contribution in [0.4, 0.5) is 8.78 Å². The van der Waals surface area contributed by atoms with Crippen molar-refractivity contribution in [3.8, 4) is 0 Å². The minimum absolute atomic E-state index is 0.0887. The predicted molar refractivity (Wildman–Crippen MR) is 53.1 cm³/mol. The van der Waals surface area contributed by atoms with Gasteiger partial charge >= 0.3 is 0 Å². The zero-order chi connectivity index (χ0) is 9.90. The number of alkyl halides is 2. The van der Waals surface area contributed by atoms with Gasteiger partial charge in [-0.05, 0) is 31.0 Å². The first-order valence-electron chi connectivity index (χ1n) is 4.10. The number of rotatable bonds is 3. The molecule has 0 spiro atoms. The summed E-state index contributed by atoms with van der Waals surface area (Å²) in [6, 6.07) is 7.44. The molecule has 3 heteroatoms. The van der Waals surface area contributed by atoms with Gasteiger partial charge in [-0.1, -0.05) is 28.1 Å². The summed E-state index contributed by atoms with van der Waals surface area (Å²) in [5, 5.41) is 0. The Kier molecular flexibility index (Phi) is 3.42. The molecule has 0 heterocycles. The molecule has 1 aromatic carbocycles. The van der Waals surface area contributed by atoms with Crippen molar-refractivity contribution in [1.29, 1.82) is 0 Å². The highest BCUT2D eigenvalue weighted by Gasteiger charge is 2.19. The van der Waals surface area contributed by atoms with Gasteiger partial charge in [0.25, 0.3) is 0 Å². The maximum Gasteiger partial charge on any atom is 0.245 e. The van der Waals surface area contributed by atoms with Crippen LogP contribution in [0.2, 0.25) is 0 Å². The van der Waals surface area contributed by atoms with E-state index in [1.807, 2.05) is 24.3 Å². The lowest BCUT2D eigenvalue weighted by molar-refractivity contribution is 0.0133. The van der Waals surface area contributed by atoms with E-state index < -0.39 is 5.92 Å². The molecule has 0 bridgehead atoms. The lowest BCUT2D eigenvalue weighted by Crippen LogP contribution is -2.10. The van der Waals surface area contributed by atoms with Crippen LogP contribution in [-0.4, -0.2) is 5.92 Å². The Morgan fingerprint density at radius 2 is 1.77 bits per heavy atom. The molecule has 1 aromatic rings. The monoisotopic (exact) mass is 248 g/mol. The van der Waals surface area contributed by atoms with E-state index in [0.717, 1.165) is 17.0 Å². The molecule has 0 aromatic heterocycles. The van der Waals surface area contributed by atoms with E-state index in [4.69, 9.17) is 0 Å². The predicted octanol–water partition coefficient (Wildman–Crippen LogP) is 4.04. The van der Waals surface area contributed by atoms with Crippen molar-refractivity contribution < 1.29 is 8.78 Å². The van der Waals surface area contributed by atoms with Crippen molar-refractivity contribution in [2.75, 3.05) is 0 Å². The molecular weight excluding hydrogens is 238 g/mol. The van der Waals surface area contributed by atoms with E-state index in [1.165, 1.54) is 0 Å². The zero-order valence-corrected chi connectivity index (χ0v) is 8.94. The summed E-state index contributed by atoms with van der Waals surface area (Å²) in [6.07, 6.45) is 0.339. The van der Waals surface area contributed by atoms with Crippen LogP contribution in [-0.2, 0) is 6.42 Å². The van der Waals surface area contributed by atoms with Crippen LogP contribution in [0.25, 0.3) is 0 Å². The van der Waals surface area contributed by atoms with E-state index in [0.29, 0.717) is 6.42 Å². The Morgan fingerprint density at radius 3 is 2.23 bits per heavy atom. The van der Waals surface area contributed by atoms with Gasteiger partial charge in [0.2, 0.25) is 5.92 Å². The van der Waals surface area contributed by atoms with Crippen LogP contribution in [0.3, 0.4) is 0 Å². The summed E-state index contributed by atoms with van der Waals surface area (Å²) in [6.45, 7) is 0.950. The van der Waals surface area contributed by atoms with Crippen LogP contribution >= 0.6 is 15.9 Å². The fraction of sp³-hybridized carbons (Fsp3) is 0.400. The van der Waals surface area contributed by atoms with Gasteiger partial charge in [-0.15, -0.1) is 0 Å². The van der Waals surface area contributed by atoms with Gasteiger partial charge in [0.1, 0.15) is 0 Å². The average molecular weight is 249 g/mol. The van der Waals surface area contributed by atoms with Crippen molar-refractivity contribution in [1.82, 2.24) is 0 Å². The standard InChI is InChI=1S/C10H11BrF2/c1-10(12,13)7-6-8-2-4-9(11)5-3-8/h2-5H,6-7H2,1H3. The van der Waals surface area contributed by atoms with Crippen LogP contribution < -0.4 is 0 Å². The van der Waals surface area contributed by atoms with Crippen LogP contribution in [0, 0.1) is 0 Å². The van der Waals surface area contributed by atoms with E-state index in [1.54, 1.807) is 0 Å². The third-order valence-electron chi connectivity index (χ3n) is 1.77. The third-order valence-corrected chi connectivity index (χ3v) is 2.29. The minimum Gasteiger partial charge on any atom is -0.207 e. The lowest BCUT2D eigenvalue weighted by Gasteiger charge is -2.09. The van der Waals surface area contributed by atoms with Crippen molar-refractivity contribution in [3.05, 3.63) is 34.3 Å². The topological polar surface area (TPSA) is 0 Å². The average Bonchev–Trinajstić information content (AvgIpc) is 2.02. The molecule has 1 rings (SSSR count). The second-order valence-electron chi connectivity index (χ2n) is 3.20. The maximum absolute atomic E-state index is 12.5. The summed E-state index contributed by atoms with van der Waals surface area (Å²) in [4.78, 5) is 0. The molecule has 0 saturated heterocycles. The quantitative estimate of drug-likeness (QED) is 0.758. The smallest absolute Gasteiger partial charge is 0.207 e. The Morgan fingerprint density at radius 1 is 1.23 bits per heavy atom. The molecule has 0 N–H and O–H groups in total. The number of aryl methyl sites for hydroxylation is 1. The molecule has 0 aliphatic heterocycles. The molecule has 0 aliphatic rings. The van der Waals surface area contributed by atoms with Crippen LogP contribution in [0.15, 0.2) is 28.7 Å². The molecule has 0 atom stereocenters. The van der Waals surface area contributed by atoms with Gasteiger partial charge in [0.15, 0.2) is 0 Å². The molecule has 0 aliphatic carbocycles. The molecule has 0 fully saturated rings. The Labute approximate surface area is 85.1 Å². The summed E-state index contributed by atoms with van der Waals surface area (Å²) < 4.78 is 25.9. The van der Waals surface area contributed by atoms with Crippen molar-refractivity contribution >= 4 is 15.9 Å². The largest absolute Gasteiger partial charge is 0.245 e. The lowest BCUT2D eigenvalue weighted by atomic mass is 10.1. The first-order valence-corrected chi connectivity index (χ1v) is 4.89. The summed E-state index contributed by atoms with van der Waals surface area (Å²) in [5.41, 5.74) is 0.949. The van der Waals surface area contributed by atoms with E-state index in [2.05, 4.69) is 15.9 Å². The van der Waals surface area contributed by atoms with Gasteiger partial charge in [-0.3, -0.25) is 0 Å². The van der Waals surface area contributed by atoms with Crippen LogP contribution in [0.5, 0.6) is 0 Å². The molecule has 13 heavy (non-hydrogen) atoms. The van der Waals surface area contributed by atoms with Gasteiger partial charge in [-0.2, -0.15) is 0 Å². The second-order valence-corrected chi connectivity index (χ2v) is 4.11. The van der Waals surface area contributed by atoms with E-state index in [-0.39, 0.29) is 6.42 Å². The molecule has 0 saturated carbocycles. The number of benzene rings is 1. The SMILES string of the molecule is CC(F)(F)CCc1ccc(Br)cc1. The number of halogens is 3. The first kappa shape index (κ1) is 10.6. The Balaban J connectivity index is 2.51. The molecule has 0 amide bonds. The van der Waals surface area contributed by atoms with Gasteiger partial charge in [-0.25, -0.2) is 8.78 Å². The van der Waals surface area contributed by atoms with Crippen molar-refractivity contribution in [2.45, 2.75) is 25.7 Å². The highest BCUT2D eigenvalue weighted by molar-refractivity contribution is 9.10. The molecule has 0 nitrogen and oxygen atoms in total. The highest BCUT2D eigenvalue weighted by Crippen LogP contribution is 2.20. The van der Waals surface area contributed by atoms with Gasteiger partial charge in [0, 0.05) is 10.9 Å².